The van der Waals surface area contributed by atoms with E-state index in [9.17, 15) is 17.6 Å². The fourth-order valence-corrected chi connectivity index (χ4v) is 2.54. The van der Waals surface area contributed by atoms with Crippen molar-refractivity contribution < 1.29 is 17.6 Å². The maximum atomic E-state index is 13.3. The maximum Gasteiger partial charge on any atom is 0.333 e. The van der Waals surface area contributed by atoms with Crippen molar-refractivity contribution in [3.63, 3.8) is 0 Å². The zero-order valence-corrected chi connectivity index (χ0v) is 12.4. The lowest BCUT2D eigenvalue weighted by molar-refractivity contribution is -0.00603. The highest BCUT2D eigenvalue weighted by molar-refractivity contribution is 5.71. The first-order valence-electron chi connectivity index (χ1n) is 7.21. The van der Waals surface area contributed by atoms with Gasteiger partial charge in [-0.1, -0.05) is 6.08 Å². The maximum absolute atomic E-state index is 13.3. The minimum Gasteiger partial charge on any atom is -0.235 e. The van der Waals surface area contributed by atoms with E-state index >= 15 is 0 Å². The van der Waals surface area contributed by atoms with Crippen LogP contribution in [0, 0.1) is 11.3 Å². The van der Waals surface area contributed by atoms with Gasteiger partial charge in [0.15, 0.2) is 0 Å². The van der Waals surface area contributed by atoms with Crippen LogP contribution < -0.4 is 0 Å². The van der Waals surface area contributed by atoms with Gasteiger partial charge >= 0.3 is 6.55 Å². The van der Waals surface area contributed by atoms with Gasteiger partial charge in [-0.25, -0.2) is 18.4 Å². The molecule has 0 radical (unpaired) electrons. The number of hydrogen-bond acceptors (Lipinski definition) is 3. The topological polar surface area (TPSA) is 54.5 Å². The fraction of sp³-hybridized carbons (Fsp3) is 0.312. The number of halogens is 4. The summed E-state index contributed by atoms with van der Waals surface area (Å²) < 4.78 is 52.3. The van der Waals surface area contributed by atoms with Crippen molar-refractivity contribution in [2.75, 3.05) is 0 Å². The van der Waals surface area contributed by atoms with Crippen molar-refractivity contribution in [2.45, 2.75) is 31.7 Å². The Morgan fingerprint density at radius 2 is 2.04 bits per heavy atom. The Morgan fingerprint density at radius 1 is 1.25 bits per heavy atom. The van der Waals surface area contributed by atoms with E-state index in [0.29, 0.717) is 15.8 Å². The summed E-state index contributed by atoms with van der Waals surface area (Å²) in [6, 6.07) is 6.34. The van der Waals surface area contributed by atoms with E-state index in [1.54, 1.807) is 6.07 Å². The molecular formula is C16H12F4N4. The lowest BCUT2D eigenvalue weighted by Gasteiger charge is -2.21. The average molecular weight is 336 g/mol. The molecule has 0 N–H and O–H groups in total. The van der Waals surface area contributed by atoms with Crippen LogP contribution in [0.15, 0.2) is 30.5 Å². The largest absolute Gasteiger partial charge is 0.333 e. The van der Waals surface area contributed by atoms with Gasteiger partial charge in [0.05, 0.1) is 5.69 Å². The first-order chi connectivity index (χ1) is 11.4. The van der Waals surface area contributed by atoms with E-state index in [0.717, 1.165) is 6.20 Å². The summed E-state index contributed by atoms with van der Waals surface area (Å²) >= 11 is 0. The third-order valence-electron chi connectivity index (χ3n) is 3.79. The van der Waals surface area contributed by atoms with Crippen LogP contribution in [0.2, 0.25) is 0 Å². The van der Waals surface area contributed by atoms with Gasteiger partial charge in [0, 0.05) is 19.0 Å². The minimum atomic E-state index is -2.78. The van der Waals surface area contributed by atoms with E-state index in [1.165, 1.54) is 18.2 Å². The Morgan fingerprint density at radius 3 is 2.62 bits per heavy atom. The Hall–Kier alpha value is -2.69. The number of allylic oxidation sites excluding steroid dienone is 2. The van der Waals surface area contributed by atoms with Gasteiger partial charge < -0.3 is 0 Å². The summed E-state index contributed by atoms with van der Waals surface area (Å²) in [6.45, 7) is -2.78. The zero-order chi connectivity index (χ0) is 17.3. The molecule has 0 aromatic carbocycles. The van der Waals surface area contributed by atoms with E-state index in [2.05, 4.69) is 10.1 Å². The minimum absolute atomic E-state index is 0.0762. The molecule has 2 aromatic heterocycles. The molecule has 0 fully saturated rings. The Labute approximate surface area is 135 Å². The molecule has 0 saturated heterocycles. The van der Waals surface area contributed by atoms with Crippen LogP contribution in [0.1, 0.15) is 37.1 Å². The van der Waals surface area contributed by atoms with E-state index in [1.807, 2.05) is 6.07 Å². The fourth-order valence-electron chi connectivity index (χ4n) is 2.54. The summed E-state index contributed by atoms with van der Waals surface area (Å²) in [4.78, 5) is 4.06. The molecule has 0 saturated carbocycles. The van der Waals surface area contributed by atoms with Crippen LogP contribution in [0.5, 0.6) is 0 Å². The molecule has 1 aliphatic carbocycles. The monoisotopic (exact) mass is 336 g/mol. The Kier molecular flexibility index (Phi) is 4.09. The first kappa shape index (κ1) is 16.2. The summed E-state index contributed by atoms with van der Waals surface area (Å²) in [5.41, 5.74) is 1.79. The molecule has 2 heterocycles. The lowest BCUT2D eigenvalue weighted by Crippen LogP contribution is -2.18. The van der Waals surface area contributed by atoms with Crippen molar-refractivity contribution in [2.24, 2.45) is 0 Å². The number of nitriles is 1. The van der Waals surface area contributed by atoms with Crippen molar-refractivity contribution in [1.29, 1.82) is 5.26 Å². The second kappa shape index (κ2) is 6.07. The molecule has 1 aliphatic rings. The average Bonchev–Trinajstić information content (AvgIpc) is 3.04. The van der Waals surface area contributed by atoms with Crippen molar-refractivity contribution in [3.8, 4) is 17.5 Å². The summed E-state index contributed by atoms with van der Waals surface area (Å²) in [5.74, 6) is -2.71. The highest BCUT2D eigenvalue weighted by Crippen LogP contribution is 2.37. The van der Waals surface area contributed by atoms with Crippen LogP contribution in [0.3, 0.4) is 0 Å². The number of nitrogens with zero attached hydrogens (tertiary/aromatic N) is 4. The van der Waals surface area contributed by atoms with Gasteiger partial charge in [0.1, 0.15) is 17.5 Å². The van der Waals surface area contributed by atoms with E-state index in [4.69, 9.17) is 5.26 Å². The van der Waals surface area contributed by atoms with Crippen LogP contribution in [-0.4, -0.2) is 20.7 Å². The van der Waals surface area contributed by atoms with Gasteiger partial charge in [-0.15, -0.1) is 0 Å². The van der Waals surface area contributed by atoms with E-state index in [-0.39, 0.29) is 36.3 Å². The summed E-state index contributed by atoms with van der Waals surface area (Å²) in [7, 11) is 0. The molecule has 0 atom stereocenters. The SMILES string of the molecule is N#Cc1cc(C2=CCC(F)(F)CC2)cc(-c2ccn(C(F)F)n2)n1. The van der Waals surface area contributed by atoms with Crippen LogP contribution in [-0.2, 0) is 0 Å². The Bertz CT molecular complexity index is 833. The molecule has 0 amide bonds. The third kappa shape index (κ3) is 3.30. The number of rotatable bonds is 3. The number of aromatic nitrogens is 3. The molecule has 124 valence electrons. The summed E-state index contributed by atoms with van der Waals surface area (Å²) in [6.07, 6.45) is 2.11. The normalized spacial score (nSPS) is 16.8. The quantitative estimate of drug-likeness (QED) is 0.780. The molecule has 24 heavy (non-hydrogen) atoms. The van der Waals surface area contributed by atoms with Crippen LogP contribution in [0.4, 0.5) is 17.6 Å². The zero-order valence-electron chi connectivity index (χ0n) is 12.4. The number of pyridine rings is 1. The van der Waals surface area contributed by atoms with Gasteiger partial charge in [0.2, 0.25) is 0 Å². The van der Waals surface area contributed by atoms with E-state index < -0.39 is 12.5 Å². The second-order valence-corrected chi connectivity index (χ2v) is 5.49. The molecule has 2 aromatic rings. The molecule has 0 unspecified atom stereocenters. The molecule has 4 nitrogen and oxygen atoms in total. The lowest BCUT2D eigenvalue weighted by atomic mass is 9.91. The van der Waals surface area contributed by atoms with Gasteiger partial charge in [0.25, 0.3) is 5.92 Å². The molecule has 0 bridgehead atoms. The highest BCUT2D eigenvalue weighted by atomic mass is 19.3. The standard InChI is InChI=1S/C16H12F4N4/c17-15(18)24-6-3-13(23-24)14-8-11(7-12(9-21)22-14)10-1-4-16(19,20)5-2-10/h1,3,6-8,15H,2,4-5H2. The van der Waals surface area contributed by atoms with Crippen LogP contribution in [0.25, 0.3) is 17.0 Å². The number of hydrogen-bond donors (Lipinski definition) is 0. The number of alkyl halides is 4. The van der Waals surface area contributed by atoms with Gasteiger partial charge in [-0.3, -0.25) is 0 Å². The molecule has 0 spiro atoms. The van der Waals surface area contributed by atoms with Gasteiger partial charge in [-0.2, -0.15) is 19.1 Å². The Balaban J connectivity index is 2.00. The highest BCUT2D eigenvalue weighted by Gasteiger charge is 2.31. The molecular weight excluding hydrogens is 324 g/mol. The predicted molar refractivity (Wildman–Crippen MR) is 78.2 cm³/mol. The molecule has 8 heteroatoms. The van der Waals surface area contributed by atoms with Crippen molar-refractivity contribution in [3.05, 3.63) is 41.7 Å². The first-order valence-corrected chi connectivity index (χ1v) is 7.21. The van der Waals surface area contributed by atoms with Crippen LogP contribution >= 0.6 is 0 Å². The van der Waals surface area contributed by atoms with Gasteiger partial charge in [-0.05, 0) is 35.8 Å². The molecule has 0 aliphatic heterocycles. The van der Waals surface area contributed by atoms with Crippen molar-refractivity contribution in [1.82, 2.24) is 14.8 Å². The summed E-state index contributed by atoms with van der Waals surface area (Å²) in [5, 5.41) is 12.8. The predicted octanol–water partition coefficient (Wildman–Crippen LogP) is 4.41. The molecule has 3 rings (SSSR count). The van der Waals surface area contributed by atoms with Crippen molar-refractivity contribution >= 4 is 5.57 Å². The smallest absolute Gasteiger partial charge is 0.235 e. The third-order valence-corrected chi connectivity index (χ3v) is 3.79. The second-order valence-electron chi connectivity index (χ2n) is 5.49.